The Labute approximate surface area is 269 Å². The summed E-state index contributed by atoms with van der Waals surface area (Å²) in [6, 6.07) is 39.9. The van der Waals surface area contributed by atoms with E-state index < -0.39 is 0 Å². The Kier molecular flexibility index (Phi) is 4.35. The lowest BCUT2D eigenvalue weighted by atomic mass is 9.96. The standard InChI is InChI=1S/C42H27NS/c1-2-11-28(12-3-1)31-25-26-39-36(27-31)34-14-5-8-18-38(34)43(39)37-17-7-4-13-32(37)29-21-23-30(24-22-29)33-16-10-20-41-42(33)35-15-6-9-19-40(35)44-41/h1-27H/i6D,9D,10D,15D,16D,19D,20D. The number of hydrogen-bond donors (Lipinski definition) is 0. The molecule has 0 aliphatic heterocycles. The fraction of sp³-hybridized carbons (Fsp3) is 0. The third-order valence-electron chi connectivity index (χ3n) is 8.36. The SMILES string of the molecule is [2H]c1c([2H])c([2H])c2c(sc3c([2H])c([2H])c([2H])c(-c4ccc(-c5ccccc5-n5c6ccccc6c6cc(-c7ccccc7)ccc65)cc4)c32)c1[2H]. The second-order valence-electron chi connectivity index (χ2n) is 10.8. The third kappa shape index (κ3) is 3.92. The lowest BCUT2D eigenvalue weighted by Gasteiger charge is -2.15. The molecule has 0 radical (unpaired) electrons. The number of benzene rings is 7. The van der Waals surface area contributed by atoms with Crippen molar-refractivity contribution in [2.24, 2.45) is 0 Å². The molecule has 2 heterocycles. The van der Waals surface area contributed by atoms with Crippen LogP contribution in [0.25, 0.3) is 81.0 Å². The van der Waals surface area contributed by atoms with Crippen molar-refractivity contribution in [3.8, 4) is 39.1 Å². The summed E-state index contributed by atoms with van der Waals surface area (Å²) >= 11 is 1.08. The van der Waals surface area contributed by atoms with Gasteiger partial charge in [-0.1, -0.05) is 127 Å². The molecule has 0 fully saturated rings. The molecule has 0 saturated carbocycles. The largest absolute Gasteiger partial charge is 0.309 e. The van der Waals surface area contributed by atoms with Gasteiger partial charge in [-0.3, -0.25) is 0 Å². The molecule has 0 unspecified atom stereocenters. The fourth-order valence-electron chi connectivity index (χ4n) is 6.35. The molecule has 0 bridgehead atoms. The molecule has 2 aromatic heterocycles. The number of nitrogens with zero attached hydrogens (tertiary/aromatic N) is 1. The van der Waals surface area contributed by atoms with Crippen LogP contribution in [0.4, 0.5) is 0 Å². The van der Waals surface area contributed by atoms with Crippen LogP contribution in [-0.2, 0) is 0 Å². The van der Waals surface area contributed by atoms with Crippen LogP contribution < -0.4 is 0 Å². The van der Waals surface area contributed by atoms with Gasteiger partial charge >= 0.3 is 0 Å². The first kappa shape index (κ1) is 19.0. The Balaban J connectivity index is 1.23. The van der Waals surface area contributed by atoms with E-state index in [1.54, 1.807) is 0 Å². The van der Waals surface area contributed by atoms with E-state index >= 15 is 0 Å². The minimum atomic E-state index is -0.362. The van der Waals surface area contributed by atoms with Crippen LogP contribution in [0, 0.1) is 0 Å². The van der Waals surface area contributed by atoms with Crippen LogP contribution in [0.2, 0.25) is 0 Å². The lowest BCUT2D eigenvalue weighted by Crippen LogP contribution is -1.97. The number of para-hydroxylation sites is 2. The van der Waals surface area contributed by atoms with Crippen LogP contribution in [-0.4, -0.2) is 4.57 Å². The highest BCUT2D eigenvalue weighted by Crippen LogP contribution is 2.41. The summed E-state index contributed by atoms with van der Waals surface area (Å²) in [6.45, 7) is 0. The topological polar surface area (TPSA) is 4.93 Å². The quantitative estimate of drug-likeness (QED) is 0.194. The van der Waals surface area contributed by atoms with Crippen LogP contribution in [0.3, 0.4) is 0 Å². The van der Waals surface area contributed by atoms with Crippen molar-refractivity contribution in [1.29, 1.82) is 0 Å². The van der Waals surface area contributed by atoms with E-state index in [0.717, 1.165) is 61.1 Å². The maximum Gasteiger partial charge on any atom is 0.0638 e. The molecule has 0 N–H and O–H groups in total. The Hall–Kier alpha value is -5.44. The number of fused-ring (bicyclic) bond motifs is 6. The van der Waals surface area contributed by atoms with E-state index in [9.17, 15) is 0 Å². The van der Waals surface area contributed by atoms with Crippen molar-refractivity contribution >= 4 is 53.3 Å². The molecule has 44 heavy (non-hydrogen) atoms. The molecular weight excluding hydrogens is 551 g/mol. The number of rotatable bonds is 4. The summed E-state index contributed by atoms with van der Waals surface area (Å²) in [4.78, 5) is 0. The van der Waals surface area contributed by atoms with Gasteiger partial charge in [0.15, 0.2) is 0 Å². The maximum atomic E-state index is 8.96. The molecular formula is C42H27NS. The molecule has 0 amide bonds. The molecule has 1 nitrogen and oxygen atoms in total. The van der Waals surface area contributed by atoms with E-state index in [1.807, 2.05) is 42.5 Å². The highest BCUT2D eigenvalue weighted by Gasteiger charge is 2.17. The first-order valence-corrected chi connectivity index (χ1v) is 15.3. The van der Waals surface area contributed by atoms with E-state index in [0.29, 0.717) is 25.9 Å². The smallest absolute Gasteiger partial charge is 0.0638 e. The predicted molar refractivity (Wildman–Crippen MR) is 190 cm³/mol. The number of aromatic nitrogens is 1. The van der Waals surface area contributed by atoms with Crippen molar-refractivity contribution in [2.75, 3.05) is 0 Å². The highest BCUT2D eigenvalue weighted by molar-refractivity contribution is 7.25. The fourth-order valence-corrected chi connectivity index (χ4v) is 7.32. The van der Waals surface area contributed by atoms with Crippen LogP contribution in [0.1, 0.15) is 9.60 Å². The minimum Gasteiger partial charge on any atom is -0.309 e. The average molecular weight is 585 g/mol. The molecule has 206 valence electrons. The summed E-state index contributed by atoms with van der Waals surface area (Å²) in [6.07, 6.45) is 0. The zero-order valence-corrected chi connectivity index (χ0v) is 24.2. The summed E-state index contributed by atoms with van der Waals surface area (Å²) in [5.74, 6) is 0. The maximum absolute atomic E-state index is 8.96. The van der Waals surface area contributed by atoms with Gasteiger partial charge in [-0.15, -0.1) is 11.3 Å². The van der Waals surface area contributed by atoms with Gasteiger partial charge in [-0.25, -0.2) is 0 Å². The highest BCUT2D eigenvalue weighted by atomic mass is 32.1. The van der Waals surface area contributed by atoms with Crippen molar-refractivity contribution in [3.05, 3.63) is 164 Å². The predicted octanol–water partition coefficient (Wildman–Crippen LogP) is 12.2. The van der Waals surface area contributed by atoms with Gasteiger partial charge in [0.2, 0.25) is 0 Å². The summed E-state index contributed by atoms with van der Waals surface area (Å²) < 4.78 is 63.0. The molecule has 0 atom stereocenters. The normalized spacial score (nSPS) is 13.9. The summed E-state index contributed by atoms with van der Waals surface area (Å²) in [7, 11) is 0. The second-order valence-corrected chi connectivity index (χ2v) is 11.8. The average Bonchev–Trinajstić information content (AvgIpc) is 3.73. The first-order valence-electron chi connectivity index (χ1n) is 18.0. The minimum absolute atomic E-state index is 0.145. The van der Waals surface area contributed by atoms with Crippen LogP contribution >= 0.6 is 11.3 Å². The Morgan fingerprint density at radius 1 is 0.455 bits per heavy atom. The van der Waals surface area contributed by atoms with Gasteiger partial charge in [0.1, 0.15) is 0 Å². The molecule has 0 spiro atoms. The molecule has 0 aliphatic carbocycles. The van der Waals surface area contributed by atoms with Gasteiger partial charge < -0.3 is 4.57 Å². The van der Waals surface area contributed by atoms with Gasteiger partial charge in [-0.05, 0) is 64.2 Å². The molecule has 7 aromatic carbocycles. The number of thiophene rings is 1. The van der Waals surface area contributed by atoms with E-state index in [1.165, 1.54) is 0 Å². The van der Waals surface area contributed by atoms with E-state index in [4.69, 9.17) is 9.60 Å². The Morgan fingerprint density at radius 2 is 1.14 bits per heavy atom. The van der Waals surface area contributed by atoms with Crippen LogP contribution in [0.15, 0.2) is 164 Å². The summed E-state index contributed by atoms with van der Waals surface area (Å²) in [5, 5.41) is 3.03. The molecule has 0 aliphatic rings. The van der Waals surface area contributed by atoms with Crippen molar-refractivity contribution in [1.82, 2.24) is 4.57 Å². The summed E-state index contributed by atoms with van der Waals surface area (Å²) in [5.41, 5.74) is 8.49. The van der Waals surface area contributed by atoms with Gasteiger partial charge in [-0.2, -0.15) is 0 Å². The van der Waals surface area contributed by atoms with Crippen molar-refractivity contribution < 1.29 is 9.60 Å². The number of hydrogen-bond acceptors (Lipinski definition) is 1. The van der Waals surface area contributed by atoms with E-state index in [-0.39, 0.29) is 47.7 Å². The van der Waals surface area contributed by atoms with Crippen molar-refractivity contribution in [3.63, 3.8) is 0 Å². The Bertz CT molecular complexity index is 2870. The molecule has 2 heteroatoms. The van der Waals surface area contributed by atoms with Crippen molar-refractivity contribution in [2.45, 2.75) is 0 Å². The monoisotopic (exact) mass is 584 g/mol. The molecule has 0 saturated heterocycles. The van der Waals surface area contributed by atoms with Gasteiger partial charge in [0.25, 0.3) is 0 Å². The van der Waals surface area contributed by atoms with E-state index in [2.05, 4.69) is 83.4 Å². The first-order chi connectivity index (χ1) is 24.7. The Morgan fingerprint density at radius 3 is 2.02 bits per heavy atom. The second kappa shape index (κ2) is 10.1. The van der Waals surface area contributed by atoms with Crippen LogP contribution in [0.5, 0.6) is 0 Å². The molecule has 9 rings (SSSR count). The van der Waals surface area contributed by atoms with Gasteiger partial charge in [0, 0.05) is 36.5 Å². The third-order valence-corrected chi connectivity index (χ3v) is 9.38. The lowest BCUT2D eigenvalue weighted by molar-refractivity contribution is 1.18. The molecule has 9 aromatic rings. The van der Waals surface area contributed by atoms with Gasteiger partial charge in [0.05, 0.1) is 26.3 Å². The zero-order valence-electron chi connectivity index (χ0n) is 30.4. The zero-order chi connectivity index (χ0) is 35.1.